The fourth-order valence-electron chi connectivity index (χ4n) is 4.97. The molecule has 0 radical (unpaired) electrons. The normalized spacial score (nSPS) is 24.1. The Morgan fingerprint density at radius 2 is 1.79 bits per heavy atom. The Balaban J connectivity index is 1.41. The minimum atomic E-state index is -0.895. The van der Waals surface area contributed by atoms with Gasteiger partial charge in [-0.1, -0.05) is 0 Å². The number of hydrogen-bond acceptors (Lipinski definition) is 8. The third-order valence-corrected chi connectivity index (χ3v) is 7.01. The Kier molecular flexibility index (Phi) is 5.72. The van der Waals surface area contributed by atoms with Gasteiger partial charge in [0.1, 0.15) is 22.5 Å². The van der Waals surface area contributed by atoms with Crippen molar-refractivity contribution >= 4 is 28.9 Å². The van der Waals surface area contributed by atoms with Crippen molar-refractivity contribution in [2.75, 3.05) is 49.6 Å². The van der Waals surface area contributed by atoms with Gasteiger partial charge in [-0.25, -0.2) is 19.7 Å². The monoisotopic (exact) mass is 465 g/mol. The van der Waals surface area contributed by atoms with Crippen molar-refractivity contribution in [3.05, 3.63) is 24.5 Å². The van der Waals surface area contributed by atoms with E-state index in [9.17, 15) is 9.90 Å². The third kappa shape index (κ3) is 4.00. The maximum absolute atomic E-state index is 11.4. The minimum absolute atomic E-state index is 0.0421. The van der Waals surface area contributed by atoms with Crippen LogP contribution in [-0.2, 0) is 0 Å². The first-order valence-electron chi connectivity index (χ1n) is 11.7. The SMILES string of the molecule is C[C@@H]1CN(c2ccc(-c3n[nH]c4cnc(N5[C@H](C)CN(C(=O)O)C[C@@H]5C)nc34)cn2)CCN1C. The molecule has 0 aromatic carbocycles. The Labute approximate surface area is 198 Å². The lowest BCUT2D eigenvalue weighted by Gasteiger charge is -2.43. The fraction of sp³-hybridized carbons (Fsp3) is 0.522. The highest BCUT2D eigenvalue weighted by molar-refractivity contribution is 5.89. The van der Waals surface area contributed by atoms with E-state index in [2.05, 4.69) is 43.9 Å². The molecule has 3 atom stereocenters. The standard InChI is InChI=1S/C23H31N9O2/c1-14-11-30(8-7-29(14)4)19-6-5-17(9-24-19)20-21-18(27-28-20)10-25-22(26-21)32-15(2)12-31(23(33)34)13-16(32)3/h5-6,9-10,14-16H,7-8,11-13H2,1-4H3,(H,27,28)(H,33,34)/t14-,15-,16+/m1/s1. The van der Waals surface area contributed by atoms with Crippen molar-refractivity contribution in [3.8, 4) is 11.3 Å². The molecule has 0 aliphatic carbocycles. The zero-order valence-corrected chi connectivity index (χ0v) is 20.0. The number of H-pyrrole nitrogens is 1. The average Bonchev–Trinajstić information content (AvgIpc) is 3.24. The number of aromatic amines is 1. The Morgan fingerprint density at radius 1 is 1.03 bits per heavy atom. The Hall–Kier alpha value is -3.47. The number of likely N-dealkylation sites (N-methyl/N-ethyl adjacent to an activating group) is 1. The smallest absolute Gasteiger partial charge is 0.407 e. The van der Waals surface area contributed by atoms with Crippen LogP contribution in [0.4, 0.5) is 16.6 Å². The summed E-state index contributed by atoms with van der Waals surface area (Å²) in [6, 6.07) is 4.49. The third-order valence-electron chi connectivity index (χ3n) is 7.01. The zero-order valence-electron chi connectivity index (χ0n) is 20.0. The summed E-state index contributed by atoms with van der Waals surface area (Å²) in [7, 11) is 2.16. The predicted molar refractivity (Wildman–Crippen MR) is 130 cm³/mol. The molecule has 0 unspecified atom stereocenters. The highest BCUT2D eigenvalue weighted by Crippen LogP contribution is 2.29. The molecule has 3 aromatic heterocycles. The highest BCUT2D eigenvalue weighted by Gasteiger charge is 2.33. The Morgan fingerprint density at radius 3 is 2.44 bits per heavy atom. The maximum Gasteiger partial charge on any atom is 0.407 e. The number of nitrogens with zero attached hydrogens (tertiary/aromatic N) is 8. The summed E-state index contributed by atoms with van der Waals surface area (Å²) in [5, 5.41) is 16.9. The maximum atomic E-state index is 11.4. The van der Waals surface area contributed by atoms with Crippen LogP contribution in [0.3, 0.4) is 0 Å². The van der Waals surface area contributed by atoms with Crippen LogP contribution in [0.5, 0.6) is 0 Å². The second-order valence-corrected chi connectivity index (χ2v) is 9.48. The number of carboxylic acid groups (broad SMARTS) is 1. The molecule has 5 heterocycles. The van der Waals surface area contributed by atoms with Crippen LogP contribution >= 0.6 is 0 Å². The summed E-state index contributed by atoms with van der Waals surface area (Å²) in [6.45, 7) is 9.99. The number of amides is 1. The van der Waals surface area contributed by atoms with Crippen LogP contribution in [-0.4, -0.2) is 104 Å². The highest BCUT2D eigenvalue weighted by atomic mass is 16.4. The number of fused-ring (bicyclic) bond motifs is 1. The van der Waals surface area contributed by atoms with Crippen LogP contribution in [0.25, 0.3) is 22.3 Å². The van der Waals surface area contributed by atoms with Crippen LogP contribution in [0.1, 0.15) is 20.8 Å². The van der Waals surface area contributed by atoms with Gasteiger partial charge in [0, 0.05) is 62.6 Å². The number of hydrogen-bond donors (Lipinski definition) is 2. The first-order valence-corrected chi connectivity index (χ1v) is 11.7. The van der Waals surface area contributed by atoms with Crippen molar-refractivity contribution < 1.29 is 9.90 Å². The van der Waals surface area contributed by atoms with Crippen LogP contribution < -0.4 is 9.80 Å². The summed E-state index contributed by atoms with van der Waals surface area (Å²) >= 11 is 0. The van der Waals surface area contributed by atoms with Gasteiger partial charge in [0.2, 0.25) is 5.95 Å². The molecule has 180 valence electrons. The lowest BCUT2D eigenvalue weighted by molar-refractivity contribution is 0.128. The second kappa shape index (κ2) is 8.71. The molecule has 3 aromatic rings. The largest absolute Gasteiger partial charge is 0.465 e. The number of rotatable bonds is 3. The first-order chi connectivity index (χ1) is 16.3. The minimum Gasteiger partial charge on any atom is -0.465 e. The first kappa shape index (κ1) is 22.3. The topological polar surface area (TPSA) is 118 Å². The van der Waals surface area contributed by atoms with E-state index in [1.807, 2.05) is 32.2 Å². The number of anilines is 2. The molecule has 2 aliphatic rings. The molecule has 0 saturated carbocycles. The molecule has 2 N–H and O–H groups in total. The van der Waals surface area contributed by atoms with Gasteiger partial charge in [0.05, 0.1) is 6.20 Å². The molecule has 0 bridgehead atoms. The van der Waals surface area contributed by atoms with Gasteiger partial charge in [-0.2, -0.15) is 5.10 Å². The molecule has 5 rings (SSSR count). The fourth-order valence-corrected chi connectivity index (χ4v) is 4.97. The van der Waals surface area contributed by atoms with Crippen LogP contribution in [0, 0.1) is 0 Å². The molecular weight excluding hydrogens is 434 g/mol. The van der Waals surface area contributed by atoms with E-state index in [1.54, 1.807) is 6.20 Å². The van der Waals surface area contributed by atoms with Gasteiger partial charge < -0.3 is 24.7 Å². The van der Waals surface area contributed by atoms with Gasteiger partial charge in [0.25, 0.3) is 0 Å². The van der Waals surface area contributed by atoms with Crippen molar-refractivity contribution in [1.29, 1.82) is 0 Å². The summed E-state index contributed by atoms with van der Waals surface area (Å²) in [6.07, 6.45) is 2.70. The van der Waals surface area contributed by atoms with E-state index in [0.29, 0.717) is 25.1 Å². The number of nitrogens with one attached hydrogen (secondary N) is 1. The summed E-state index contributed by atoms with van der Waals surface area (Å²) in [5.41, 5.74) is 3.10. The molecule has 34 heavy (non-hydrogen) atoms. The predicted octanol–water partition coefficient (Wildman–Crippen LogP) is 2.13. The van der Waals surface area contributed by atoms with E-state index in [1.165, 1.54) is 4.90 Å². The number of piperazine rings is 2. The van der Waals surface area contributed by atoms with E-state index in [-0.39, 0.29) is 12.1 Å². The van der Waals surface area contributed by atoms with Crippen molar-refractivity contribution in [3.63, 3.8) is 0 Å². The molecule has 0 spiro atoms. The summed E-state index contributed by atoms with van der Waals surface area (Å²) in [4.78, 5) is 33.8. The van der Waals surface area contributed by atoms with Crippen LogP contribution in [0.2, 0.25) is 0 Å². The average molecular weight is 466 g/mol. The molecule has 2 saturated heterocycles. The summed E-state index contributed by atoms with van der Waals surface area (Å²) < 4.78 is 0. The van der Waals surface area contributed by atoms with E-state index in [4.69, 9.17) is 9.97 Å². The van der Waals surface area contributed by atoms with Crippen molar-refractivity contribution in [2.24, 2.45) is 0 Å². The molecule has 2 fully saturated rings. The number of carbonyl (C=O) groups is 1. The van der Waals surface area contributed by atoms with E-state index >= 15 is 0 Å². The molecule has 2 aliphatic heterocycles. The van der Waals surface area contributed by atoms with Crippen molar-refractivity contribution in [1.82, 2.24) is 34.9 Å². The number of pyridine rings is 1. The zero-order chi connectivity index (χ0) is 24.0. The lowest BCUT2D eigenvalue weighted by Crippen LogP contribution is -2.58. The van der Waals surface area contributed by atoms with Gasteiger partial charge in [0.15, 0.2) is 0 Å². The lowest BCUT2D eigenvalue weighted by atomic mass is 10.1. The van der Waals surface area contributed by atoms with E-state index in [0.717, 1.165) is 47.7 Å². The Bertz CT molecular complexity index is 1170. The molecule has 11 heteroatoms. The van der Waals surface area contributed by atoms with Crippen molar-refractivity contribution in [2.45, 2.75) is 38.9 Å². The number of aromatic nitrogens is 5. The van der Waals surface area contributed by atoms with Gasteiger partial charge >= 0.3 is 6.09 Å². The summed E-state index contributed by atoms with van der Waals surface area (Å²) in [5.74, 6) is 1.55. The van der Waals surface area contributed by atoms with Gasteiger partial charge in [-0.3, -0.25) is 5.10 Å². The van der Waals surface area contributed by atoms with E-state index < -0.39 is 6.09 Å². The second-order valence-electron chi connectivity index (χ2n) is 9.48. The quantitative estimate of drug-likeness (QED) is 0.600. The van der Waals surface area contributed by atoms with Gasteiger partial charge in [-0.05, 0) is 40.0 Å². The molecule has 1 amide bonds. The van der Waals surface area contributed by atoms with Crippen LogP contribution in [0.15, 0.2) is 24.5 Å². The molecule has 11 nitrogen and oxygen atoms in total. The molecular formula is C23H31N9O2. The van der Waals surface area contributed by atoms with Gasteiger partial charge in [-0.15, -0.1) is 0 Å².